The summed E-state index contributed by atoms with van der Waals surface area (Å²) in [5, 5.41) is 0. The Hall–Kier alpha value is -0.920. The summed E-state index contributed by atoms with van der Waals surface area (Å²) in [6, 6.07) is 2.06. The van der Waals surface area contributed by atoms with Crippen LogP contribution in [0.5, 0.6) is 0 Å². The Morgan fingerprint density at radius 2 is 2.27 bits per heavy atom. The third-order valence-electron chi connectivity index (χ3n) is 1.92. The Labute approximate surface area is 67.8 Å². The maximum Gasteiger partial charge on any atom is 0.103 e. The molecule has 0 amide bonds. The highest BCUT2D eigenvalue weighted by Gasteiger charge is 1.97. The molecule has 0 bridgehead atoms. The summed E-state index contributed by atoms with van der Waals surface area (Å²) in [6.45, 7) is 2.21. The van der Waals surface area contributed by atoms with Crippen molar-refractivity contribution in [3.8, 4) is 0 Å². The standard InChI is InChI=1S/C9H16N2/c1-2-3-4-5-8-6-7-11-9(8)10/h6-7,11H,2-5,10H2,1H3. The van der Waals surface area contributed by atoms with Crippen LogP contribution in [-0.2, 0) is 6.42 Å². The van der Waals surface area contributed by atoms with Crippen LogP contribution in [0.25, 0.3) is 0 Å². The van der Waals surface area contributed by atoms with Crippen LogP contribution in [-0.4, -0.2) is 4.98 Å². The molecule has 0 aliphatic heterocycles. The predicted octanol–water partition coefficient (Wildman–Crippen LogP) is 2.33. The van der Waals surface area contributed by atoms with E-state index in [9.17, 15) is 0 Å². The number of nitrogen functional groups attached to an aromatic ring is 1. The van der Waals surface area contributed by atoms with Gasteiger partial charge in [0.25, 0.3) is 0 Å². The number of hydrogen-bond donors (Lipinski definition) is 2. The van der Waals surface area contributed by atoms with E-state index in [1.54, 1.807) is 0 Å². The second-order valence-corrected chi connectivity index (χ2v) is 2.87. The van der Waals surface area contributed by atoms with Crippen LogP contribution >= 0.6 is 0 Å². The first-order valence-corrected chi connectivity index (χ1v) is 4.26. The second-order valence-electron chi connectivity index (χ2n) is 2.87. The lowest BCUT2D eigenvalue weighted by atomic mass is 10.1. The lowest BCUT2D eigenvalue weighted by Crippen LogP contribution is -1.91. The number of nitrogens with two attached hydrogens (primary N) is 1. The molecule has 62 valence electrons. The largest absolute Gasteiger partial charge is 0.385 e. The SMILES string of the molecule is CCCCCc1cc[nH]c1N. The van der Waals surface area contributed by atoms with Gasteiger partial charge in [-0.15, -0.1) is 0 Å². The van der Waals surface area contributed by atoms with E-state index in [-0.39, 0.29) is 0 Å². The normalized spacial score (nSPS) is 10.3. The van der Waals surface area contributed by atoms with Crippen molar-refractivity contribution in [2.45, 2.75) is 32.6 Å². The third-order valence-corrected chi connectivity index (χ3v) is 1.92. The second kappa shape index (κ2) is 4.06. The molecule has 0 spiro atoms. The van der Waals surface area contributed by atoms with Gasteiger partial charge in [0.2, 0.25) is 0 Å². The number of nitrogens with one attached hydrogen (secondary N) is 1. The number of H-pyrrole nitrogens is 1. The molecule has 1 rings (SSSR count). The average molecular weight is 152 g/mol. The molecule has 0 saturated carbocycles. The van der Waals surface area contributed by atoms with E-state index in [0.717, 1.165) is 12.2 Å². The van der Waals surface area contributed by atoms with Gasteiger partial charge in [-0.3, -0.25) is 0 Å². The highest BCUT2D eigenvalue weighted by Crippen LogP contribution is 2.12. The molecule has 2 nitrogen and oxygen atoms in total. The Kier molecular flexibility index (Phi) is 3.02. The Balaban J connectivity index is 2.32. The van der Waals surface area contributed by atoms with E-state index in [2.05, 4.69) is 18.0 Å². The average Bonchev–Trinajstić information content (AvgIpc) is 2.37. The van der Waals surface area contributed by atoms with Gasteiger partial charge in [0, 0.05) is 6.20 Å². The van der Waals surface area contributed by atoms with Gasteiger partial charge in [-0.2, -0.15) is 0 Å². The molecule has 1 heterocycles. The first-order chi connectivity index (χ1) is 5.34. The summed E-state index contributed by atoms with van der Waals surface area (Å²) in [7, 11) is 0. The number of anilines is 1. The van der Waals surface area contributed by atoms with Gasteiger partial charge in [-0.05, 0) is 24.5 Å². The van der Waals surface area contributed by atoms with E-state index in [1.807, 2.05) is 6.20 Å². The smallest absolute Gasteiger partial charge is 0.103 e. The first-order valence-electron chi connectivity index (χ1n) is 4.26. The van der Waals surface area contributed by atoms with Crippen molar-refractivity contribution in [2.75, 3.05) is 5.73 Å². The summed E-state index contributed by atoms with van der Waals surface area (Å²) in [5.41, 5.74) is 6.93. The van der Waals surface area contributed by atoms with E-state index >= 15 is 0 Å². The van der Waals surface area contributed by atoms with Crippen molar-refractivity contribution < 1.29 is 0 Å². The van der Waals surface area contributed by atoms with Crippen LogP contribution in [0.15, 0.2) is 12.3 Å². The van der Waals surface area contributed by atoms with Crippen LogP contribution < -0.4 is 5.73 Å². The van der Waals surface area contributed by atoms with Gasteiger partial charge in [0.05, 0.1) is 0 Å². The molecule has 2 heteroatoms. The Morgan fingerprint density at radius 1 is 1.45 bits per heavy atom. The van der Waals surface area contributed by atoms with Gasteiger partial charge in [0.15, 0.2) is 0 Å². The number of hydrogen-bond acceptors (Lipinski definition) is 1. The lowest BCUT2D eigenvalue weighted by Gasteiger charge is -1.97. The molecule has 0 atom stereocenters. The highest BCUT2D eigenvalue weighted by molar-refractivity contribution is 5.39. The van der Waals surface area contributed by atoms with Crippen LogP contribution in [0.2, 0.25) is 0 Å². The minimum Gasteiger partial charge on any atom is -0.385 e. The van der Waals surface area contributed by atoms with Gasteiger partial charge in [-0.1, -0.05) is 19.8 Å². The van der Waals surface area contributed by atoms with Crippen molar-refractivity contribution in [1.82, 2.24) is 4.98 Å². The summed E-state index contributed by atoms with van der Waals surface area (Å²) < 4.78 is 0. The van der Waals surface area contributed by atoms with Crippen LogP contribution in [0, 0.1) is 0 Å². The minimum absolute atomic E-state index is 0.834. The summed E-state index contributed by atoms with van der Waals surface area (Å²) in [6.07, 6.45) is 6.83. The number of aryl methyl sites for hydroxylation is 1. The predicted molar refractivity (Wildman–Crippen MR) is 48.4 cm³/mol. The van der Waals surface area contributed by atoms with Crippen molar-refractivity contribution >= 4 is 5.82 Å². The van der Waals surface area contributed by atoms with Crippen LogP contribution in [0.1, 0.15) is 31.7 Å². The third kappa shape index (κ3) is 2.30. The maximum absolute atomic E-state index is 5.67. The molecule has 0 radical (unpaired) electrons. The van der Waals surface area contributed by atoms with Crippen LogP contribution in [0.4, 0.5) is 5.82 Å². The highest BCUT2D eigenvalue weighted by atomic mass is 14.8. The zero-order valence-electron chi connectivity index (χ0n) is 7.06. The molecule has 0 unspecified atom stereocenters. The van der Waals surface area contributed by atoms with Crippen molar-refractivity contribution in [2.24, 2.45) is 0 Å². The first kappa shape index (κ1) is 8.18. The van der Waals surface area contributed by atoms with Crippen LogP contribution in [0.3, 0.4) is 0 Å². The number of rotatable bonds is 4. The van der Waals surface area contributed by atoms with Crippen molar-refractivity contribution in [3.63, 3.8) is 0 Å². The Bertz CT molecular complexity index is 203. The molecule has 0 saturated heterocycles. The van der Waals surface area contributed by atoms with E-state index in [4.69, 9.17) is 5.73 Å². The fourth-order valence-electron chi connectivity index (χ4n) is 1.20. The zero-order chi connectivity index (χ0) is 8.10. The van der Waals surface area contributed by atoms with E-state index in [1.165, 1.54) is 24.8 Å². The molecule has 0 aliphatic rings. The number of aromatic amines is 1. The molecular weight excluding hydrogens is 136 g/mol. The topological polar surface area (TPSA) is 41.8 Å². The van der Waals surface area contributed by atoms with Gasteiger partial charge >= 0.3 is 0 Å². The lowest BCUT2D eigenvalue weighted by molar-refractivity contribution is 0.719. The minimum atomic E-state index is 0.834. The quantitative estimate of drug-likeness (QED) is 0.639. The fraction of sp³-hybridized carbons (Fsp3) is 0.556. The number of aromatic nitrogens is 1. The maximum atomic E-state index is 5.67. The number of unbranched alkanes of at least 4 members (excludes halogenated alkanes) is 2. The van der Waals surface area contributed by atoms with E-state index < -0.39 is 0 Å². The fourth-order valence-corrected chi connectivity index (χ4v) is 1.20. The summed E-state index contributed by atoms with van der Waals surface area (Å²) in [5.74, 6) is 0.834. The molecule has 1 aromatic rings. The molecule has 11 heavy (non-hydrogen) atoms. The molecule has 0 fully saturated rings. The molecule has 1 aromatic heterocycles. The molecule has 3 N–H and O–H groups in total. The summed E-state index contributed by atoms with van der Waals surface area (Å²) in [4.78, 5) is 2.97. The monoisotopic (exact) mass is 152 g/mol. The molecule has 0 aliphatic carbocycles. The zero-order valence-corrected chi connectivity index (χ0v) is 7.06. The van der Waals surface area contributed by atoms with Crippen molar-refractivity contribution in [3.05, 3.63) is 17.8 Å². The Morgan fingerprint density at radius 3 is 2.82 bits per heavy atom. The van der Waals surface area contributed by atoms with Gasteiger partial charge < -0.3 is 10.7 Å². The van der Waals surface area contributed by atoms with Gasteiger partial charge in [-0.25, -0.2) is 0 Å². The molecule has 0 aromatic carbocycles. The van der Waals surface area contributed by atoms with E-state index in [0.29, 0.717) is 0 Å². The van der Waals surface area contributed by atoms with Crippen molar-refractivity contribution in [1.29, 1.82) is 0 Å². The van der Waals surface area contributed by atoms with Gasteiger partial charge in [0.1, 0.15) is 5.82 Å². The molecular formula is C9H16N2. The summed E-state index contributed by atoms with van der Waals surface area (Å²) >= 11 is 0.